The van der Waals surface area contributed by atoms with Crippen LogP contribution in [0.15, 0.2) is 4.99 Å². The first kappa shape index (κ1) is 22.5. The Kier molecular flexibility index (Phi) is 8.87. The molecule has 2 saturated heterocycles. The minimum atomic E-state index is 0.185. The van der Waals surface area contributed by atoms with Crippen molar-refractivity contribution in [3.05, 3.63) is 0 Å². The van der Waals surface area contributed by atoms with Gasteiger partial charge in [-0.15, -0.1) is 0 Å². The van der Waals surface area contributed by atoms with Crippen molar-refractivity contribution in [2.75, 3.05) is 39.3 Å². The molecule has 5 nitrogen and oxygen atoms in total. The molecule has 0 aliphatic carbocycles. The van der Waals surface area contributed by atoms with Crippen molar-refractivity contribution in [2.45, 2.75) is 79.4 Å². The van der Waals surface area contributed by atoms with Crippen molar-refractivity contribution in [3.8, 4) is 0 Å². The third-order valence-corrected chi connectivity index (χ3v) is 5.96. The molecule has 3 atom stereocenters. The summed E-state index contributed by atoms with van der Waals surface area (Å²) < 4.78 is 6.13. The molecule has 0 aromatic heterocycles. The fraction of sp³-hybridized carbons (Fsp3) is 0.955. The number of rotatable bonds is 6. The van der Waals surface area contributed by atoms with Gasteiger partial charge in [0.15, 0.2) is 5.96 Å². The topological polar surface area (TPSA) is 48.9 Å². The molecule has 2 aliphatic rings. The zero-order valence-electron chi connectivity index (χ0n) is 18.7. The van der Waals surface area contributed by atoms with E-state index in [1.807, 2.05) is 0 Å². The summed E-state index contributed by atoms with van der Waals surface area (Å²) in [5.41, 5.74) is 0.185. The van der Waals surface area contributed by atoms with Crippen LogP contribution < -0.4 is 10.6 Å². The van der Waals surface area contributed by atoms with Crippen LogP contribution in [0, 0.1) is 17.3 Å². The average Bonchev–Trinajstić information content (AvgIpc) is 2.63. The van der Waals surface area contributed by atoms with Crippen LogP contribution in [0.25, 0.3) is 0 Å². The van der Waals surface area contributed by atoms with Gasteiger partial charge in [-0.1, -0.05) is 20.8 Å². The number of hydrogen-bond acceptors (Lipinski definition) is 3. The number of nitrogens with zero attached hydrogens (tertiary/aromatic N) is 2. The molecule has 2 N–H and O–H groups in total. The Labute approximate surface area is 167 Å². The smallest absolute Gasteiger partial charge is 0.191 e. The molecule has 0 amide bonds. The zero-order valence-corrected chi connectivity index (χ0v) is 18.7. The number of aliphatic imine (C=N–C) groups is 1. The first-order valence-electron chi connectivity index (χ1n) is 11.2. The summed E-state index contributed by atoms with van der Waals surface area (Å²) in [6.45, 7) is 19.7. The minimum absolute atomic E-state index is 0.185. The van der Waals surface area contributed by atoms with Crippen LogP contribution in [-0.4, -0.2) is 62.3 Å². The van der Waals surface area contributed by atoms with Gasteiger partial charge in [0.25, 0.3) is 0 Å². The average molecular weight is 381 g/mol. The second-order valence-corrected chi connectivity index (χ2v) is 9.76. The molecule has 27 heavy (non-hydrogen) atoms. The molecule has 0 aromatic rings. The van der Waals surface area contributed by atoms with Gasteiger partial charge in [0.2, 0.25) is 0 Å². The van der Waals surface area contributed by atoms with Crippen molar-refractivity contribution in [1.29, 1.82) is 0 Å². The molecule has 2 fully saturated rings. The van der Waals surface area contributed by atoms with Crippen LogP contribution in [-0.2, 0) is 4.74 Å². The Morgan fingerprint density at radius 2 is 1.96 bits per heavy atom. The number of guanidine groups is 1. The first-order valence-corrected chi connectivity index (χ1v) is 11.2. The molecular formula is C22H44N4O. The van der Waals surface area contributed by atoms with Gasteiger partial charge in [0.05, 0.1) is 6.10 Å². The maximum absolute atomic E-state index is 6.13. The van der Waals surface area contributed by atoms with E-state index >= 15 is 0 Å². The summed E-state index contributed by atoms with van der Waals surface area (Å²) >= 11 is 0. The van der Waals surface area contributed by atoms with E-state index in [0.717, 1.165) is 32.2 Å². The quantitative estimate of drug-likeness (QED) is 0.547. The highest BCUT2D eigenvalue weighted by Crippen LogP contribution is 2.33. The summed E-state index contributed by atoms with van der Waals surface area (Å²) in [6.07, 6.45) is 5.32. The standard InChI is InChI=1S/C22H44N4O/c1-7-23-21(24-14-18-10-8-12-26(16-18)17(2)3)25-15-19-11-9-13-27-20(19)22(4,5)6/h17-20H,7-16H2,1-6H3,(H2,23,24,25). The van der Waals surface area contributed by atoms with Crippen molar-refractivity contribution in [2.24, 2.45) is 22.2 Å². The predicted octanol–water partition coefficient (Wildman–Crippen LogP) is 3.50. The lowest BCUT2D eigenvalue weighted by Crippen LogP contribution is -2.47. The molecule has 158 valence electrons. The summed E-state index contributed by atoms with van der Waals surface area (Å²) in [4.78, 5) is 7.52. The summed E-state index contributed by atoms with van der Waals surface area (Å²) in [6, 6.07) is 0.642. The monoisotopic (exact) mass is 380 g/mol. The van der Waals surface area contributed by atoms with Crippen molar-refractivity contribution >= 4 is 5.96 Å². The van der Waals surface area contributed by atoms with E-state index < -0.39 is 0 Å². The number of ether oxygens (including phenoxy) is 1. The van der Waals surface area contributed by atoms with Crippen LogP contribution in [0.4, 0.5) is 0 Å². The normalized spacial score (nSPS) is 28.4. The third kappa shape index (κ3) is 7.26. The lowest BCUT2D eigenvalue weighted by Gasteiger charge is -2.40. The third-order valence-electron chi connectivity index (χ3n) is 5.96. The van der Waals surface area contributed by atoms with Crippen LogP contribution in [0.1, 0.15) is 67.2 Å². The van der Waals surface area contributed by atoms with E-state index in [2.05, 4.69) is 57.1 Å². The summed E-state index contributed by atoms with van der Waals surface area (Å²) in [5.74, 6) is 2.20. The molecule has 0 saturated carbocycles. The highest BCUT2D eigenvalue weighted by Gasteiger charge is 2.35. The van der Waals surface area contributed by atoms with Crippen molar-refractivity contribution < 1.29 is 4.74 Å². The Morgan fingerprint density at radius 1 is 1.19 bits per heavy atom. The fourth-order valence-electron chi connectivity index (χ4n) is 4.51. The van der Waals surface area contributed by atoms with E-state index in [-0.39, 0.29) is 5.41 Å². The van der Waals surface area contributed by atoms with Gasteiger partial charge in [-0.25, -0.2) is 0 Å². The van der Waals surface area contributed by atoms with Crippen LogP contribution in [0.5, 0.6) is 0 Å². The Balaban J connectivity index is 1.89. The van der Waals surface area contributed by atoms with Crippen LogP contribution in [0.2, 0.25) is 0 Å². The summed E-state index contributed by atoms with van der Waals surface area (Å²) in [7, 11) is 0. The Bertz CT molecular complexity index is 458. The van der Waals surface area contributed by atoms with E-state index in [0.29, 0.717) is 24.0 Å². The van der Waals surface area contributed by atoms with Crippen molar-refractivity contribution in [1.82, 2.24) is 15.5 Å². The first-order chi connectivity index (χ1) is 12.8. The highest BCUT2D eigenvalue weighted by atomic mass is 16.5. The molecule has 0 spiro atoms. The maximum Gasteiger partial charge on any atom is 0.191 e. The second-order valence-electron chi connectivity index (χ2n) is 9.76. The van der Waals surface area contributed by atoms with Gasteiger partial charge in [0, 0.05) is 44.7 Å². The van der Waals surface area contributed by atoms with E-state index in [1.165, 1.54) is 38.8 Å². The molecule has 2 aliphatic heterocycles. The molecule has 5 heteroatoms. The predicted molar refractivity (Wildman–Crippen MR) is 115 cm³/mol. The molecular weight excluding hydrogens is 336 g/mol. The second kappa shape index (κ2) is 10.7. The van der Waals surface area contributed by atoms with Crippen LogP contribution in [0.3, 0.4) is 0 Å². The molecule has 3 unspecified atom stereocenters. The number of likely N-dealkylation sites (tertiary alicyclic amines) is 1. The van der Waals surface area contributed by atoms with Gasteiger partial charge in [0.1, 0.15) is 0 Å². The van der Waals surface area contributed by atoms with E-state index in [9.17, 15) is 0 Å². The van der Waals surface area contributed by atoms with E-state index in [1.54, 1.807) is 0 Å². The SMILES string of the molecule is CCNC(=NCC1CCCN(C(C)C)C1)NCC1CCCOC1C(C)(C)C. The largest absolute Gasteiger partial charge is 0.377 e. The van der Waals surface area contributed by atoms with Gasteiger partial charge < -0.3 is 20.3 Å². The van der Waals surface area contributed by atoms with E-state index in [4.69, 9.17) is 9.73 Å². The Hall–Kier alpha value is -0.810. The maximum atomic E-state index is 6.13. The minimum Gasteiger partial charge on any atom is -0.377 e. The van der Waals surface area contributed by atoms with Gasteiger partial charge in [-0.05, 0) is 64.3 Å². The Morgan fingerprint density at radius 3 is 2.63 bits per heavy atom. The molecule has 2 heterocycles. The van der Waals surface area contributed by atoms with Gasteiger partial charge in [-0.2, -0.15) is 0 Å². The number of piperidine rings is 1. The zero-order chi connectivity index (χ0) is 19.9. The number of hydrogen-bond donors (Lipinski definition) is 2. The summed E-state index contributed by atoms with van der Waals surface area (Å²) in [5, 5.41) is 7.05. The highest BCUT2D eigenvalue weighted by molar-refractivity contribution is 5.79. The fourth-order valence-corrected chi connectivity index (χ4v) is 4.51. The molecule has 0 radical (unpaired) electrons. The lowest BCUT2D eigenvalue weighted by molar-refractivity contribution is -0.0835. The van der Waals surface area contributed by atoms with Gasteiger partial charge in [-0.3, -0.25) is 4.99 Å². The van der Waals surface area contributed by atoms with Crippen molar-refractivity contribution in [3.63, 3.8) is 0 Å². The van der Waals surface area contributed by atoms with Gasteiger partial charge >= 0.3 is 0 Å². The molecule has 2 rings (SSSR count). The number of nitrogens with one attached hydrogen (secondary N) is 2. The van der Waals surface area contributed by atoms with Crippen LogP contribution >= 0.6 is 0 Å². The molecule has 0 aromatic carbocycles. The lowest BCUT2D eigenvalue weighted by atomic mass is 9.78. The molecule has 0 bridgehead atoms.